The molecule has 0 amide bonds. The van der Waals surface area contributed by atoms with Gasteiger partial charge in [-0.1, -0.05) is 11.6 Å². The molecule has 4 aliphatic carbocycles. The Bertz CT molecular complexity index is 610. The van der Waals surface area contributed by atoms with Crippen LogP contribution in [0.3, 0.4) is 0 Å². The minimum Gasteiger partial charge on any atom is -0.493 e. The van der Waals surface area contributed by atoms with E-state index in [2.05, 4.69) is 12.2 Å². The van der Waals surface area contributed by atoms with E-state index >= 15 is 0 Å². The summed E-state index contributed by atoms with van der Waals surface area (Å²) in [7, 11) is 3.28. The monoisotopic (exact) mass is 363 g/mol. The molecule has 25 heavy (non-hydrogen) atoms. The second kappa shape index (κ2) is 6.66. The van der Waals surface area contributed by atoms with Crippen LogP contribution in [0.4, 0.5) is 0 Å². The molecule has 0 spiro atoms. The first-order valence-electron chi connectivity index (χ1n) is 9.67. The van der Waals surface area contributed by atoms with E-state index < -0.39 is 0 Å². The Labute approximate surface area is 156 Å². The highest BCUT2D eigenvalue weighted by atomic mass is 35.5. The molecular formula is C21H30ClNO2. The van der Waals surface area contributed by atoms with Crippen molar-refractivity contribution in [2.24, 2.45) is 23.2 Å². The number of ether oxygens (including phenoxy) is 2. The van der Waals surface area contributed by atoms with Crippen LogP contribution < -0.4 is 14.8 Å². The van der Waals surface area contributed by atoms with Crippen molar-refractivity contribution in [1.29, 1.82) is 0 Å². The van der Waals surface area contributed by atoms with E-state index in [1.54, 1.807) is 14.2 Å². The SMILES string of the molecule is COc1cc(CN[C@@H](C)C23CC4CC(CC(C4)C2)C3)cc(Cl)c1OC. The Hall–Kier alpha value is -0.930. The van der Waals surface area contributed by atoms with E-state index in [0.717, 1.165) is 29.9 Å². The van der Waals surface area contributed by atoms with Crippen molar-refractivity contribution in [2.75, 3.05) is 14.2 Å². The van der Waals surface area contributed by atoms with Crippen molar-refractivity contribution < 1.29 is 9.47 Å². The molecule has 0 saturated heterocycles. The maximum Gasteiger partial charge on any atom is 0.179 e. The zero-order valence-electron chi connectivity index (χ0n) is 15.6. The summed E-state index contributed by atoms with van der Waals surface area (Å²) in [4.78, 5) is 0. The van der Waals surface area contributed by atoms with Gasteiger partial charge in [0.15, 0.2) is 11.5 Å². The minimum absolute atomic E-state index is 0.523. The summed E-state index contributed by atoms with van der Waals surface area (Å²) >= 11 is 6.35. The average molecular weight is 364 g/mol. The number of hydrogen-bond acceptors (Lipinski definition) is 3. The van der Waals surface area contributed by atoms with Crippen molar-refractivity contribution in [1.82, 2.24) is 5.32 Å². The molecule has 1 atom stereocenters. The summed E-state index contributed by atoms with van der Waals surface area (Å²) in [6, 6.07) is 4.57. The van der Waals surface area contributed by atoms with Gasteiger partial charge in [0.05, 0.1) is 19.2 Å². The highest BCUT2D eigenvalue weighted by molar-refractivity contribution is 6.32. The fourth-order valence-electron chi connectivity index (χ4n) is 6.27. The molecule has 4 fully saturated rings. The van der Waals surface area contributed by atoms with E-state index in [9.17, 15) is 0 Å². The lowest BCUT2D eigenvalue weighted by Crippen LogP contribution is -2.54. The molecular weight excluding hydrogens is 334 g/mol. The van der Waals surface area contributed by atoms with E-state index in [1.165, 1.54) is 38.5 Å². The third-order valence-corrected chi connectivity index (χ3v) is 7.39. The second-order valence-corrected chi connectivity index (χ2v) is 9.10. The van der Waals surface area contributed by atoms with Crippen molar-refractivity contribution in [2.45, 2.75) is 58.0 Å². The normalized spacial score (nSPS) is 34.2. The predicted molar refractivity (Wildman–Crippen MR) is 101 cm³/mol. The van der Waals surface area contributed by atoms with Crippen molar-refractivity contribution in [3.05, 3.63) is 22.7 Å². The van der Waals surface area contributed by atoms with Gasteiger partial charge in [-0.05, 0) is 86.3 Å². The number of nitrogens with one attached hydrogen (secondary N) is 1. The highest BCUT2D eigenvalue weighted by Gasteiger charge is 2.52. The van der Waals surface area contributed by atoms with Gasteiger partial charge in [-0.15, -0.1) is 0 Å². The Morgan fingerprint density at radius 2 is 1.68 bits per heavy atom. The molecule has 1 N–H and O–H groups in total. The highest BCUT2D eigenvalue weighted by Crippen LogP contribution is 2.61. The minimum atomic E-state index is 0.523. The van der Waals surface area contributed by atoms with Crippen molar-refractivity contribution in [3.63, 3.8) is 0 Å². The van der Waals surface area contributed by atoms with Gasteiger partial charge < -0.3 is 14.8 Å². The first kappa shape index (κ1) is 17.5. The van der Waals surface area contributed by atoms with Crippen molar-refractivity contribution in [3.8, 4) is 11.5 Å². The molecule has 0 heterocycles. The molecule has 5 rings (SSSR count). The van der Waals surface area contributed by atoms with Gasteiger partial charge in [0, 0.05) is 12.6 Å². The van der Waals surface area contributed by atoms with Gasteiger partial charge in [0.2, 0.25) is 0 Å². The summed E-state index contributed by atoms with van der Waals surface area (Å²) in [6.07, 6.45) is 8.78. The third-order valence-electron chi connectivity index (χ3n) is 7.11. The van der Waals surface area contributed by atoms with Crippen LogP contribution in [0.2, 0.25) is 5.02 Å². The quantitative estimate of drug-likeness (QED) is 0.767. The summed E-state index contributed by atoms with van der Waals surface area (Å²) in [5.41, 5.74) is 1.67. The average Bonchev–Trinajstić information content (AvgIpc) is 2.57. The van der Waals surface area contributed by atoms with Gasteiger partial charge in [0.1, 0.15) is 0 Å². The fraction of sp³-hybridized carbons (Fsp3) is 0.714. The number of methoxy groups -OCH3 is 2. The van der Waals surface area contributed by atoms with E-state index in [-0.39, 0.29) is 0 Å². The molecule has 4 heteroatoms. The molecule has 3 nitrogen and oxygen atoms in total. The van der Waals surface area contributed by atoms with Gasteiger partial charge >= 0.3 is 0 Å². The van der Waals surface area contributed by atoms with Gasteiger partial charge in [0.25, 0.3) is 0 Å². The Kier molecular flexibility index (Phi) is 4.66. The van der Waals surface area contributed by atoms with Gasteiger partial charge in [-0.3, -0.25) is 0 Å². The molecule has 0 aromatic heterocycles. The maximum atomic E-state index is 6.35. The largest absolute Gasteiger partial charge is 0.493 e. The van der Waals surface area contributed by atoms with Crippen LogP contribution >= 0.6 is 11.6 Å². The molecule has 4 bridgehead atoms. The summed E-state index contributed by atoms with van der Waals surface area (Å²) < 4.78 is 10.8. The topological polar surface area (TPSA) is 30.5 Å². The van der Waals surface area contributed by atoms with Crippen LogP contribution in [-0.4, -0.2) is 20.3 Å². The lowest BCUT2D eigenvalue weighted by atomic mass is 9.48. The van der Waals surface area contributed by atoms with Crippen LogP contribution in [0.15, 0.2) is 12.1 Å². The summed E-state index contributed by atoms with van der Waals surface area (Å²) in [5.74, 6) is 4.29. The van der Waals surface area contributed by atoms with Crippen LogP contribution in [0.25, 0.3) is 0 Å². The molecule has 4 aliphatic rings. The number of hydrogen-bond donors (Lipinski definition) is 1. The molecule has 0 radical (unpaired) electrons. The number of rotatable bonds is 6. The van der Waals surface area contributed by atoms with Crippen LogP contribution in [0.5, 0.6) is 11.5 Å². The Morgan fingerprint density at radius 3 is 2.20 bits per heavy atom. The Balaban J connectivity index is 1.46. The lowest BCUT2D eigenvalue weighted by Gasteiger charge is -2.59. The second-order valence-electron chi connectivity index (χ2n) is 8.70. The molecule has 138 valence electrons. The van der Waals surface area contributed by atoms with Gasteiger partial charge in [-0.25, -0.2) is 0 Å². The van der Waals surface area contributed by atoms with Crippen LogP contribution in [0, 0.1) is 23.2 Å². The van der Waals surface area contributed by atoms with Crippen LogP contribution in [0.1, 0.15) is 51.0 Å². The fourth-order valence-corrected chi connectivity index (χ4v) is 6.58. The number of halogens is 1. The predicted octanol–water partition coefficient (Wildman–Crippen LogP) is 5.05. The lowest BCUT2D eigenvalue weighted by molar-refractivity contribution is -0.0706. The molecule has 1 aromatic carbocycles. The number of benzene rings is 1. The van der Waals surface area contributed by atoms with E-state index in [0.29, 0.717) is 28.0 Å². The summed E-state index contributed by atoms with van der Waals surface area (Å²) in [6.45, 7) is 3.22. The Morgan fingerprint density at radius 1 is 1.08 bits per heavy atom. The molecule has 0 aliphatic heterocycles. The van der Waals surface area contributed by atoms with Crippen molar-refractivity contribution >= 4 is 11.6 Å². The molecule has 4 saturated carbocycles. The standard InChI is InChI=1S/C21H30ClNO2/c1-13(21-9-14-4-15(10-21)6-16(5-14)11-21)23-12-17-7-18(22)20(25-3)19(8-17)24-2/h7-8,13-16,23H,4-6,9-12H2,1-3H3/t13-,14?,15?,16?,21?/m0/s1. The van der Waals surface area contributed by atoms with E-state index in [1.807, 2.05) is 12.1 Å². The van der Waals surface area contributed by atoms with E-state index in [4.69, 9.17) is 21.1 Å². The molecule has 1 aromatic rings. The smallest absolute Gasteiger partial charge is 0.179 e. The first-order chi connectivity index (χ1) is 12.0. The first-order valence-corrected chi connectivity index (χ1v) is 10.0. The van der Waals surface area contributed by atoms with Crippen LogP contribution in [-0.2, 0) is 6.54 Å². The zero-order valence-corrected chi connectivity index (χ0v) is 16.4. The maximum absolute atomic E-state index is 6.35. The third kappa shape index (κ3) is 3.14. The van der Waals surface area contributed by atoms with Gasteiger partial charge in [-0.2, -0.15) is 0 Å². The zero-order chi connectivity index (χ0) is 17.6. The molecule has 0 unspecified atom stereocenters. The summed E-state index contributed by atoms with van der Waals surface area (Å²) in [5, 5.41) is 4.43.